The summed E-state index contributed by atoms with van der Waals surface area (Å²) in [5.41, 5.74) is 0. The van der Waals surface area contributed by atoms with Crippen molar-refractivity contribution in [1.82, 2.24) is 0 Å². The van der Waals surface area contributed by atoms with Crippen LogP contribution < -0.4 is 0 Å². The van der Waals surface area contributed by atoms with Gasteiger partial charge in [-0.2, -0.15) is 0 Å². The van der Waals surface area contributed by atoms with Crippen molar-refractivity contribution in [3.05, 3.63) is 0 Å². The van der Waals surface area contributed by atoms with Crippen LogP contribution in [0.25, 0.3) is 0 Å². The fraction of sp³-hybridized carbons (Fsp3) is 0.857. The summed E-state index contributed by atoms with van der Waals surface area (Å²) in [6, 6.07) is 0. The lowest BCUT2D eigenvalue weighted by molar-refractivity contribution is -0.144. The Morgan fingerprint density at radius 2 is 1.55 bits per heavy atom. The molecule has 118 valence electrons. The molecular weight excluding hydrogens is 486 g/mol. The summed E-state index contributed by atoms with van der Waals surface area (Å²) < 4.78 is 10.2. The van der Waals surface area contributed by atoms with Crippen LogP contribution in [0.3, 0.4) is 0 Å². The van der Waals surface area contributed by atoms with E-state index in [9.17, 15) is 9.59 Å². The number of alkyl halides is 2. The smallest absolute Gasteiger partial charge is 0.318 e. The molecule has 0 fully saturated rings. The van der Waals surface area contributed by atoms with Crippen molar-refractivity contribution in [3.63, 3.8) is 0 Å². The number of hydrogen-bond donors (Lipinski definition) is 0. The summed E-state index contributed by atoms with van der Waals surface area (Å²) in [4.78, 5) is 22.6. The van der Waals surface area contributed by atoms with E-state index in [-0.39, 0.29) is 19.8 Å². The predicted octanol–water partition coefficient (Wildman–Crippen LogP) is 3.92. The van der Waals surface area contributed by atoms with Gasteiger partial charge in [-0.15, -0.1) is 0 Å². The second kappa shape index (κ2) is 12.0. The van der Waals surface area contributed by atoms with Crippen LogP contribution in [-0.2, 0) is 19.1 Å². The molecule has 20 heavy (non-hydrogen) atoms. The van der Waals surface area contributed by atoms with Gasteiger partial charge >= 0.3 is 11.9 Å². The molecule has 0 spiro atoms. The lowest BCUT2D eigenvalue weighted by Gasteiger charge is -2.15. The fourth-order valence-electron chi connectivity index (χ4n) is 1.54. The van der Waals surface area contributed by atoms with E-state index in [0.717, 1.165) is 25.7 Å². The first-order chi connectivity index (χ1) is 9.38. The zero-order valence-corrected chi connectivity index (χ0v) is 16.7. The average molecular weight is 510 g/mol. The Morgan fingerprint density at radius 1 is 1.00 bits per heavy atom. The first kappa shape index (κ1) is 20.4. The number of unbranched alkanes of at least 4 members (excludes halogenated alkanes) is 1. The number of carbonyl (C=O) groups is 2. The van der Waals surface area contributed by atoms with Crippen molar-refractivity contribution >= 4 is 57.1 Å². The topological polar surface area (TPSA) is 52.6 Å². The molecule has 0 N–H and O–H groups in total. The molecule has 0 aromatic rings. The number of carbonyl (C=O) groups excluding carboxylic acids is 2. The van der Waals surface area contributed by atoms with Crippen LogP contribution in [0.2, 0.25) is 0 Å². The molecule has 0 rings (SSSR count). The van der Waals surface area contributed by atoms with E-state index in [1.54, 1.807) is 0 Å². The molecule has 0 aromatic heterocycles. The maximum atomic E-state index is 11.4. The Kier molecular flexibility index (Phi) is 12.2. The molecule has 0 aliphatic heterocycles. The number of hydrogen-bond acceptors (Lipinski definition) is 4. The molecule has 6 heteroatoms. The Labute approximate surface area is 149 Å². The minimum Gasteiger partial charge on any atom is -0.465 e. The van der Waals surface area contributed by atoms with Crippen molar-refractivity contribution in [1.29, 1.82) is 0 Å². The SMILES string of the molecule is CCC(CCCCOC(=O)C(C)I)COC(=O)C(C)I. The van der Waals surface area contributed by atoms with Gasteiger partial charge in [-0.1, -0.05) is 58.5 Å². The normalized spacial score (nSPS) is 15.2. The van der Waals surface area contributed by atoms with Crippen molar-refractivity contribution in [2.45, 2.75) is 54.3 Å². The first-order valence-corrected chi connectivity index (χ1v) is 9.49. The number of rotatable bonds is 10. The fourth-order valence-corrected chi connectivity index (χ4v) is 1.90. The summed E-state index contributed by atoms with van der Waals surface area (Å²) in [7, 11) is 0. The number of ether oxygens (including phenoxy) is 2. The summed E-state index contributed by atoms with van der Waals surface area (Å²) in [5, 5.41) is 0. The van der Waals surface area contributed by atoms with Crippen molar-refractivity contribution < 1.29 is 19.1 Å². The summed E-state index contributed by atoms with van der Waals surface area (Å²) >= 11 is 4.10. The Balaban J connectivity index is 3.70. The van der Waals surface area contributed by atoms with Gasteiger partial charge in [0, 0.05) is 0 Å². The van der Waals surface area contributed by atoms with Crippen molar-refractivity contribution in [2.75, 3.05) is 13.2 Å². The highest BCUT2D eigenvalue weighted by Crippen LogP contribution is 2.14. The first-order valence-electron chi connectivity index (χ1n) is 6.99. The quantitative estimate of drug-likeness (QED) is 0.194. The standard InChI is InChI=1S/C14H24I2O4/c1-4-12(9-20-14(18)11(3)16)7-5-6-8-19-13(17)10(2)15/h10-12H,4-9H2,1-3H3. The molecular formula is C14H24I2O4. The number of halogens is 2. The minimum atomic E-state index is -0.150. The molecule has 0 bridgehead atoms. The van der Waals surface area contributed by atoms with Crippen LogP contribution in [0.1, 0.15) is 46.5 Å². The summed E-state index contributed by atoms with van der Waals surface area (Å²) in [6.07, 6.45) is 3.84. The van der Waals surface area contributed by atoms with Gasteiger partial charge in [-0.25, -0.2) is 0 Å². The number of esters is 2. The van der Waals surface area contributed by atoms with Gasteiger partial charge in [0.05, 0.1) is 13.2 Å². The van der Waals surface area contributed by atoms with E-state index in [0.29, 0.717) is 19.1 Å². The van der Waals surface area contributed by atoms with Crippen LogP contribution in [-0.4, -0.2) is 33.0 Å². The van der Waals surface area contributed by atoms with Gasteiger partial charge in [0.15, 0.2) is 0 Å². The lowest BCUT2D eigenvalue weighted by atomic mass is 10.0. The van der Waals surface area contributed by atoms with E-state index in [1.807, 2.05) is 36.4 Å². The minimum absolute atomic E-state index is 0.0920. The molecule has 0 aliphatic carbocycles. The van der Waals surface area contributed by atoms with E-state index in [4.69, 9.17) is 9.47 Å². The maximum absolute atomic E-state index is 11.4. The third kappa shape index (κ3) is 10.2. The lowest BCUT2D eigenvalue weighted by Crippen LogP contribution is -2.19. The molecule has 3 unspecified atom stereocenters. The van der Waals surface area contributed by atoms with Crippen LogP contribution in [0, 0.1) is 5.92 Å². The van der Waals surface area contributed by atoms with E-state index >= 15 is 0 Å². The van der Waals surface area contributed by atoms with Crippen LogP contribution in [0.5, 0.6) is 0 Å². The average Bonchev–Trinajstić information content (AvgIpc) is 2.40. The van der Waals surface area contributed by atoms with Gasteiger partial charge in [-0.05, 0) is 39.0 Å². The molecule has 0 saturated heterocycles. The van der Waals surface area contributed by atoms with E-state index < -0.39 is 0 Å². The predicted molar refractivity (Wildman–Crippen MR) is 96.5 cm³/mol. The van der Waals surface area contributed by atoms with Gasteiger partial charge in [0.2, 0.25) is 0 Å². The molecule has 3 atom stereocenters. The second-order valence-electron chi connectivity index (χ2n) is 4.80. The molecule has 0 amide bonds. The molecule has 0 heterocycles. The van der Waals surface area contributed by atoms with Gasteiger partial charge in [0.25, 0.3) is 0 Å². The van der Waals surface area contributed by atoms with Gasteiger partial charge in [-0.3, -0.25) is 9.59 Å². The molecule has 0 aliphatic rings. The highest BCUT2D eigenvalue weighted by atomic mass is 127. The van der Waals surface area contributed by atoms with E-state index in [1.165, 1.54) is 0 Å². The van der Waals surface area contributed by atoms with Crippen LogP contribution in [0.15, 0.2) is 0 Å². The third-order valence-electron chi connectivity index (χ3n) is 2.94. The summed E-state index contributed by atoms with van der Waals surface area (Å²) in [6.45, 7) is 6.72. The van der Waals surface area contributed by atoms with Crippen LogP contribution >= 0.6 is 45.2 Å². The summed E-state index contributed by atoms with van der Waals surface area (Å²) in [5.74, 6) is 0.102. The zero-order chi connectivity index (χ0) is 15.5. The van der Waals surface area contributed by atoms with Crippen molar-refractivity contribution in [2.24, 2.45) is 5.92 Å². The third-order valence-corrected chi connectivity index (χ3v) is 3.96. The monoisotopic (exact) mass is 510 g/mol. The Bertz CT molecular complexity index is 293. The van der Waals surface area contributed by atoms with Crippen LogP contribution in [0.4, 0.5) is 0 Å². The maximum Gasteiger partial charge on any atom is 0.318 e. The Hall–Kier alpha value is 0.400. The molecule has 0 saturated carbocycles. The highest BCUT2D eigenvalue weighted by Gasteiger charge is 2.14. The second-order valence-corrected chi connectivity index (χ2v) is 8.54. The van der Waals surface area contributed by atoms with Gasteiger partial charge < -0.3 is 9.47 Å². The largest absolute Gasteiger partial charge is 0.465 e. The molecule has 4 nitrogen and oxygen atoms in total. The van der Waals surface area contributed by atoms with E-state index in [2.05, 4.69) is 29.5 Å². The highest BCUT2D eigenvalue weighted by molar-refractivity contribution is 14.1. The Morgan fingerprint density at radius 3 is 2.05 bits per heavy atom. The van der Waals surface area contributed by atoms with Gasteiger partial charge in [0.1, 0.15) is 7.85 Å². The molecule has 0 radical (unpaired) electrons. The molecule has 0 aromatic carbocycles. The zero-order valence-electron chi connectivity index (χ0n) is 12.4. The van der Waals surface area contributed by atoms with Crippen molar-refractivity contribution in [3.8, 4) is 0 Å².